The zero-order valence-corrected chi connectivity index (χ0v) is 14.3. The van der Waals surface area contributed by atoms with Crippen molar-refractivity contribution in [2.75, 3.05) is 6.26 Å². The van der Waals surface area contributed by atoms with Crippen molar-refractivity contribution in [3.8, 4) is 0 Å². The number of fused-ring (bicyclic) bond motifs is 3. The number of sulfone groups is 1. The van der Waals surface area contributed by atoms with E-state index in [9.17, 15) is 13.5 Å². The molecule has 24 heavy (non-hydrogen) atoms. The van der Waals surface area contributed by atoms with Crippen LogP contribution >= 0.6 is 0 Å². The van der Waals surface area contributed by atoms with Gasteiger partial charge in [-0.05, 0) is 31.7 Å². The van der Waals surface area contributed by atoms with Gasteiger partial charge in [0, 0.05) is 23.9 Å². The van der Waals surface area contributed by atoms with Gasteiger partial charge in [0.1, 0.15) is 33.4 Å². The summed E-state index contributed by atoms with van der Waals surface area (Å²) < 4.78 is 25.7. The molecule has 0 saturated heterocycles. The summed E-state index contributed by atoms with van der Waals surface area (Å²) in [6.45, 7) is -0.146. The average Bonchev–Trinajstić information content (AvgIpc) is 3.17. The Balaban J connectivity index is 1.80. The van der Waals surface area contributed by atoms with Gasteiger partial charge in [-0.25, -0.2) is 18.4 Å². The van der Waals surface area contributed by atoms with E-state index in [2.05, 4.69) is 19.5 Å². The van der Waals surface area contributed by atoms with Crippen molar-refractivity contribution in [3.63, 3.8) is 0 Å². The number of aromatic amines is 1. The maximum absolute atomic E-state index is 11.8. The van der Waals surface area contributed by atoms with Crippen LogP contribution in [0, 0.1) is 0 Å². The molecular formula is C16H20N4O3S. The van der Waals surface area contributed by atoms with Gasteiger partial charge in [0.25, 0.3) is 0 Å². The number of aliphatic hydroxyl groups is 1. The molecule has 0 aromatic carbocycles. The van der Waals surface area contributed by atoms with Crippen molar-refractivity contribution in [2.24, 2.45) is 0 Å². The van der Waals surface area contributed by atoms with E-state index in [0.29, 0.717) is 18.7 Å². The van der Waals surface area contributed by atoms with Gasteiger partial charge in [0.15, 0.2) is 0 Å². The lowest BCUT2D eigenvalue weighted by atomic mass is 9.94. The van der Waals surface area contributed by atoms with E-state index < -0.39 is 9.84 Å². The third-order valence-corrected chi connectivity index (χ3v) is 6.75. The number of nitrogens with one attached hydrogen (secondary N) is 1. The molecule has 7 nitrogen and oxygen atoms in total. The van der Waals surface area contributed by atoms with E-state index >= 15 is 0 Å². The fourth-order valence-electron chi connectivity index (χ4n) is 3.88. The van der Waals surface area contributed by atoms with E-state index in [1.165, 1.54) is 6.26 Å². The summed E-state index contributed by atoms with van der Waals surface area (Å²) in [6.07, 6.45) is 7.71. The number of aliphatic hydroxyl groups excluding tert-OH is 1. The molecule has 2 N–H and O–H groups in total. The number of rotatable bonds is 3. The van der Waals surface area contributed by atoms with Crippen molar-refractivity contribution in [1.29, 1.82) is 0 Å². The molecule has 1 aliphatic rings. The monoisotopic (exact) mass is 348 g/mol. The molecular weight excluding hydrogens is 328 g/mol. The van der Waals surface area contributed by atoms with E-state index in [-0.39, 0.29) is 17.9 Å². The van der Waals surface area contributed by atoms with Crippen LogP contribution in [0.15, 0.2) is 18.5 Å². The molecule has 0 amide bonds. The van der Waals surface area contributed by atoms with Gasteiger partial charge in [0.2, 0.25) is 0 Å². The van der Waals surface area contributed by atoms with Crippen molar-refractivity contribution in [2.45, 2.75) is 43.6 Å². The second-order valence-electron chi connectivity index (χ2n) is 6.55. The molecule has 0 radical (unpaired) electrons. The Labute approximate surface area is 139 Å². The van der Waals surface area contributed by atoms with Crippen LogP contribution in [0.1, 0.15) is 37.5 Å². The van der Waals surface area contributed by atoms with Gasteiger partial charge in [-0.2, -0.15) is 0 Å². The van der Waals surface area contributed by atoms with Gasteiger partial charge in [0.05, 0.1) is 17.0 Å². The van der Waals surface area contributed by atoms with E-state index in [0.717, 1.165) is 34.9 Å². The predicted octanol–water partition coefficient (Wildman–Crippen LogP) is 1.93. The molecule has 0 aliphatic heterocycles. The Morgan fingerprint density at radius 2 is 2.08 bits per heavy atom. The maximum Gasteiger partial charge on any atom is 0.150 e. The highest BCUT2D eigenvalue weighted by Gasteiger charge is 2.30. The van der Waals surface area contributed by atoms with Crippen molar-refractivity contribution in [3.05, 3.63) is 24.3 Å². The van der Waals surface area contributed by atoms with Crippen molar-refractivity contribution < 1.29 is 13.5 Å². The lowest BCUT2D eigenvalue weighted by Crippen LogP contribution is -2.28. The second kappa shape index (κ2) is 5.56. The molecule has 3 heterocycles. The Bertz CT molecular complexity index is 997. The highest BCUT2D eigenvalue weighted by molar-refractivity contribution is 7.91. The Morgan fingerprint density at radius 1 is 1.33 bits per heavy atom. The molecule has 4 rings (SSSR count). The molecule has 3 aromatic rings. The molecule has 3 aromatic heterocycles. The summed E-state index contributed by atoms with van der Waals surface area (Å²) >= 11 is 0. The topological polar surface area (TPSA) is 101 Å². The van der Waals surface area contributed by atoms with E-state index in [4.69, 9.17) is 0 Å². The largest absolute Gasteiger partial charge is 0.388 e. The molecule has 0 spiro atoms. The molecule has 0 unspecified atom stereocenters. The summed E-state index contributed by atoms with van der Waals surface area (Å²) in [6, 6.07) is 2.11. The van der Waals surface area contributed by atoms with Crippen LogP contribution in [0.25, 0.3) is 22.1 Å². The molecule has 0 bridgehead atoms. The first-order valence-corrected chi connectivity index (χ1v) is 10.1. The van der Waals surface area contributed by atoms with E-state index in [1.807, 2.05) is 12.3 Å². The predicted molar refractivity (Wildman–Crippen MR) is 91.4 cm³/mol. The van der Waals surface area contributed by atoms with Gasteiger partial charge in [-0.3, -0.25) is 0 Å². The van der Waals surface area contributed by atoms with Crippen LogP contribution < -0.4 is 0 Å². The summed E-state index contributed by atoms with van der Waals surface area (Å²) in [5, 5.41) is 10.5. The fraction of sp³-hybridized carbons (Fsp3) is 0.500. The number of pyridine rings is 1. The third kappa shape index (κ3) is 2.41. The zero-order chi connectivity index (χ0) is 16.9. The molecule has 8 heteroatoms. The van der Waals surface area contributed by atoms with Crippen molar-refractivity contribution >= 4 is 31.9 Å². The average molecular weight is 348 g/mol. The molecule has 1 aliphatic carbocycles. The van der Waals surface area contributed by atoms with Gasteiger partial charge >= 0.3 is 0 Å². The normalized spacial score (nSPS) is 22.4. The minimum atomic E-state index is -2.99. The number of H-pyrrole nitrogens is 1. The van der Waals surface area contributed by atoms with Gasteiger partial charge in [-0.1, -0.05) is 0 Å². The maximum atomic E-state index is 11.8. The fourth-order valence-corrected chi connectivity index (χ4v) is 5.01. The zero-order valence-electron chi connectivity index (χ0n) is 13.4. The van der Waals surface area contributed by atoms with Crippen LogP contribution in [-0.4, -0.2) is 44.5 Å². The highest BCUT2D eigenvalue weighted by Crippen LogP contribution is 2.36. The first-order chi connectivity index (χ1) is 11.5. The summed E-state index contributed by atoms with van der Waals surface area (Å²) in [5.74, 6) is 0.614. The highest BCUT2D eigenvalue weighted by atomic mass is 32.2. The second-order valence-corrected chi connectivity index (χ2v) is 8.87. The van der Waals surface area contributed by atoms with Crippen LogP contribution in [0.3, 0.4) is 0 Å². The van der Waals surface area contributed by atoms with E-state index in [1.54, 1.807) is 6.20 Å². The number of aromatic nitrogens is 4. The first-order valence-electron chi connectivity index (χ1n) is 8.11. The SMILES string of the molecule is CS(=O)(=O)C1CCC(n2c(CO)nc3cnc4[nH]ccc4c32)CC1. The standard InChI is InChI=1S/C16H20N4O3S/c1-24(22,23)11-4-2-10(3-5-11)20-14(9-21)19-13-8-18-16-12(15(13)20)6-7-17-16/h6-8,10-11,21H,2-5,9H2,1H3,(H,17,18). The summed E-state index contributed by atoms with van der Waals surface area (Å²) in [7, 11) is -2.99. The number of nitrogens with zero attached hydrogens (tertiary/aromatic N) is 3. The third-order valence-electron chi connectivity index (χ3n) is 5.06. The molecule has 128 valence electrons. The smallest absolute Gasteiger partial charge is 0.150 e. The minimum absolute atomic E-state index is 0.146. The Hall–Kier alpha value is -1.93. The first kappa shape index (κ1) is 15.6. The lowest BCUT2D eigenvalue weighted by molar-refractivity contribution is 0.253. The van der Waals surface area contributed by atoms with Crippen LogP contribution in [-0.2, 0) is 16.4 Å². The van der Waals surface area contributed by atoms with Crippen molar-refractivity contribution in [1.82, 2.24) is 19.5 Å². The molecule has 1 saturated carbocycles. The van der Waals surface area contributed by atoms with Gasteiger partial charge in [-0.15, -0.1) is 0 Å². The number of hydrogen-bond donors (Lipinski definition) is 2. The Kier molecular flexibility index (Phi) is 3.61. The molecule has 1 fully saturated rings. The molecule has 0 atom stereocenters. The summed E-state index contributed by atoms with van der Waals surface area (Å²) in [4.78, 5) is 12.0. The van der Waals surface area contributed by atoms with Crippen LogP contribution in [0.4, 0.5) is 0 Å². The minimum Gasteiger partial charge on any atom is -0.388 e. The van der Waals surface area contributed by atoms with Crippen LogP contribution in [0.2, 0.25) is 0 Å². The Morgan fingerprint density at radius 3 is 2.75 bits per heavy atom. The lowest BCUT2D eigenvalue weighted by Gasteiger charge is -2.29. The van der Waals surface area contributed by atoms with Gasteiger partial charge < -0.3 is 14.7 Å². The summed E-state index contributed by atoms with van der Waals surface area (Å²) in [5.41, 5.74) is 2.52. The number of imidazole rings is 1. The quantitative estimate of drug-likeness (QED) is 0.753. The number of hydrogen-bond acceptors (Lipinski definition) is 5. The van der Waals surface area contributed by atoms with Crippen LogP contribution in [0.5, 0.6) is 0 Å².